The molecular formula is C22H25N5O2S2. The van der Waals surface area contributed by atoms with Gasteiger partial charge in [0.1, 0.15) is 0 Å². The highest BCUT2D eigenvalue weighted by Crippen LogP contribution is 2.31. The Morgan fingerprint density at radius 3 is 2.45 bits per heavy atom. The van der Waals surface area contributed by atoms with Crippen LogP contribution in [0.2, 0.25) is 0 Å². The summed E-state index contributed by atoms with van der Waals surface area (Å²) in [7, 11) is 0. The number of aromatic nitrogens is 2. The van der Waals surface area contributed by atoms with Gasteiger partial charge in [0.25, 0.3) is 0 Å². The number of carbonyl (C=O) groups is 1. The second-order valence-corrected chi connectivity index (χ2v) is 9.83. The molecule has 7 nitrogen and oxygen atoms in total. The van der Waals surface area contributed by atoms with Gasteiger partial charge in [-0.05, 0) is 50.2 Å². The predicted octanol–water partition coefficient (Wildman–Crippen LogP) is 4.55. The van der Waals surface area contributed by atoms with Crippen LogP contribution >= 0.6 is 23.1 Å². The van der Waals surface area contributed by atoms with Gasteiger partial charge in [0, 0.05) is 30.2 Å². The van der Waals surface area contributed by atoms with Gasteiger partial charge in [-0.15, -0.1) is 10.2 Å². The average Bonchev–Trinajstić information content (AvgIpc) is 3.23. The topological polar surface area (TPSA) is 79.4 Å². The lowest BCUT2D eigenvalue weighted by atomic mass is 10.2. The third-order valence-electron chi connectivity index (χ3n) is 4.87. The van der Waals surface area contributed by atoms with Crippen LogP contribution in [-0.4, -0.2) is 47.7 Å². The van der Waals surface area contributed by atoms with Crippen LogP contribution in [0.25, 0.3) is 0 Å². The number of benzene rings is 2. The van der Waals surface area contributed by atoms with Crippen molar-refractivity contribution in [3.63, 3.8) is 0 Å². The van der Waals surface area contributed by atoms with E-state index in [4.69, 9.17) is 4.74 Å². The van der Waals surface area contributed by atoms with Gasteiger partial charge < -0.3 is 20.3 Å². The average molecular weight is 456 g/mol. The molecule has 1 atom stereocenters. The number of hydrogen-bond donors (Lipinski definition) is 2. The Kier molecular flexibility index (Phi) is 7.06. The maximum atomic E-state index is 12.6. The number of hydrogen-bond acceptors (Lipinski definition) is 8. The van der Waals surface area contributed by atoms with E-state index < -0.39 is 0 Å². The van der Waals surface area contributed by atoms with Gasteiger partial charge in [-0.2, -0.15) is 0 Å². The SMILES string of the molecule is Cc1ccc(Nc2nnc(S[C@H](C)C(=O)Nc3ccc(N4CCOCC4)cc3)s2)cc1. The number of nitrogens with zero attached hydrogens (tertiary/aromatic N) is 3. The maximum Gasteiger partial charge on any atom is 0.237 e. The molecule has 3 aromatic rings. The minimum absolute atomic E-state index is 0.0626. The summed E-state index contributed by atoms with van der Waals surface area (Å²) in [5, 5.41) is 15.0. The molecular weight excluding hydrogens is 430 g/mol. The highest BCUT2D eigenvalue weighted by Gasteiger charge is 2.18. The van der Waals surface area contributed by atoms with E-state index in [-0.39, 0.29) is 11.2 Å². The van der Waals surface area contributed by atoms with Gasteiger partial charge in [-0.25, -0.2) is 0 Å². The largest absolute Gasteiger partial charge is 0.378 e. The highest BCUT2D eigenvalue weighted by molar-refractivity contribution is 8.02. The monoisotopic (exact) mass is 455 g/mol. The van der Waals surface area contributed by atoms with Crippen molar-refractivity contribution < 1.29 is 9.53 Å². The number of nitrogens with one attached hydrogen (secondary N) is 2. The molecule has 1 aliphatic rings. The summed E-state index contributed by atoms with van der Waals surface area (Å²) in [6.07, 6.45) is 0. The van der Waals surface area contributed by atoms with Gasteiger partial charge >= 0.3 is 0 Å². The molecule has 2 aromatic carbocycles. The number of rotatable bonds is 7. The van der Waals surface area contributed by atoms with E-state index in [0.29, 0.717) is 5.13 Å². The molecule has 0 aliphatic carbocycles. The molecule has 1 fully saturated rings. The van der Waals surface area contributed by atoms with Crippen LogP contribution in [0.15, 0.2) is 52.9 Å². The predicted molar refractivity (Wildman–Crippen MR) is 128 cm³/mol. The molecule has 1 saturated heterocycles. The Hall–Kier alpha value is -2.62. The Balaban J connectivity index is 1.29. The molecule has 0 bridgehead atoms. The molecule has 1 amide bonds. The van der Waals surface area contributed by atoms with Crippen molar-refractivity contribution in [2.24, 2.45) is 0 Å². The zero-order chi connectivity index (χ0) is 21.6. The van der Waals surface area contributed by atoms with E-state index in [1.165, 1.54) is 28.7 Å². The van der Waals surface area contributed by atoms with Crippen molar-refractivity contribution >= 4 is 51.2 Å². The Bertz CT molecular complexity index is 1000. The van der Waals surface area contributed by atoms with E-state index in [0.717, 1.165) is 47.7 Å². The smallest absolute Gasteiger partial charge is 0.237 e. The van der Waals surface area contributed by atoms with Crippen LogP contribution in [0.4, 0.5) is 22.2 Å². The normalized spacial score (nSPS) is 14.8. The Morgan fingerprint density at radius 1 is 1.06 bits per heavy atom. The molecule has 1 aliphatic heterocycles. The molecule has 0 saturated carbocycles. The number of carbonyl (C=O) groups excluding carboxylic acids is 1. The Labute approximate surface area is 190 Å². The van der Waals surface area contributed by atoms with E-state index in [1.54, 1.807) is 0 Å². The first-order valence-corrected chi connectivity index (χ1v) is 11.8. The molecule has 4 rings (SSSR count). The van der Waals surface area contributed by atoms with Gasteiger partial charge in [-0.1, -0.05) is 40.8 Å². The van der Waals surface area contributed by atoms with Crippen molar-refractivity contribution in [3.05, 3.63) is 54.1 Å². The number of amides is 1. The lowest BCUT2D eigenvalue weighted by Gasteiger charge is -2.28. The molecule has 2 heterocycles. The van der Waals surface area contributed by atoms with Gasteiger partial charge in [0.05, 0.1) is 18.5 Å². The molecule has 0 unspecified atom stereocenters. The van der Waals surface area contributed by atoms with Gasteiger partial charge in [-0.3, -0.25) is 4.79 Å². The molecule has 9 heteroatoms. The summed E-state index contributed by atoms with van der Waals surface area (Å²) < 4.78 is 6.14. The molecule has 162 valence electrons. The zero-order valence-corrected chi connectivity index (χ0v) is 19.1. The van der Waals surface area contributed by atoms with Crippen molar-refractivity contribution in [2.45, 2.75) is 23.4 Å². The minimum Gasteiger partial charge on any atom is -0.378 e. The summed E-state index contributed by atoms with van der Waals surface area (Å²) in [6.45, 7) is 7.21. The summed E-state index contributed by atoms with van der Waals surface area (Å²) in [6, 6.07) is 16.0. The van der Waals surface area contributed by atoms with Crippen LogP contribution in [0.3, 0.4) is 0 Å². The third-order valence-corrected chi connectivity index (χ3v) is 6.89. The van der Waals surface area contributed by atoms with E-state index in [1.807, 2.05) is 62.4 Å². The first-order chi connectivity index (χ1) is 15.1. The lowest BCUT2D eigenvalue weighted by Crippen LogP contribution is -2.36. The summed E-state index contributed by atoms with van der Waals surface area (Å²) in [4.78, 5) is 14.9. The highest BCUT2D eigenvalue weighted by atomic mass is 32.2. The molecule has 0 radical (unpaired) electrons. The van der Waals surface area contributed by atoms with Gasteiger partial charge in [0.15, 0.2) is 4.34 Å². The summed E-state index contributed by atoms with van der Waals surface area (Å²) in [5.41, 5.74) is 4.10. The molecule has 31 heavy (non-hydrogen) atoms. The fourth-order valence-corrected chi connectivity index (χ4v) is 5.01. The second-order valence-electron chi connectivity index (χ2n) is 7.26. The maximum absolute atomic E-state index is 12.6. The molecule has 2 N–H and O–H groups in total. The number of morpholine rings is 1. The van der Waals surface area contributed by atoms with Crippen LogP contribution in [-0.2, 0) is 9.53 Å². The minimum atomic E-state index is -0.293. The first kappa shape index (κ1) is 21.6. The van der Waals surface area contributed by atoms with Crippen LogP contribution in [0, 0.1) is 6.92 Å². The first-order valence-electron chi connectivity index (χ1n) is 10.1. The van der Waals surface area contributed by atoms with E-state index >= 15 is 0 Å². The zero-order valence-electron chi connectivity index (χ0n) is 17.5. The summed E-state index contributed by atoms with van der Waals surface area (Å²) >= 11 is 2.84. The number of thioether (sulfide) groups is 1. The fraction of sp³-hybridized carbons (Fsp3) is 0.318. The van der Waals surface area contributed by atoms with Crippen LogP contribution in [0.5, 0.6) is 0 Å². The number of anilines is 4. The number of aryl methyl sites for hydroxylation is 1. The van der Waals surface area contributed by atoms with Gasteiger partial charge in [0.2, 0.25) is 11.0 Å². The van der Waals surface area contributed by atoms with Crippen molar-refractivity contribution in [3.8, 4) is 0 Å². The quantitative estimate of drug-likeness (QED) is 0.506. The fourth-order valence-electron chi connectivity index (χ4n) is 3.09. The standard InChI is InChI=1S/C22H25N5O2S2/c1-15-3-5-18(6-4-15)24-21-25-26-22(31-21)30-16(2)20(28)23-17-7-9-19(10-8-17)27-11-13-29-14-12-27/h3-10,16H,11-14H2,1-2H3,(H,23,28)(H,24,25)/t16-/m1/s1. The lowest BCUT2D eigenvalue weighted by molar-refractivity contribution is -0.115. The third kappa shape index (κ3) is 5.96. The van der Waals surface area contributed by atoms with Crippen molar-refractivity contribution in [2.75, 3.05) is 41.8 Å². The van der Waals surface area contributed by atoms with Crippen LogP contribution in [0.1, 0.15) is 12.5 Å². The molecule has 1 aromatic heterocycles. The molecule has 0 spiro atoms. The second kappa shape index (κ2) is 10.1. The Morgan fingerprint density at radius 2 is 1.74 bits per heavy atom. The number of ether oxygens (including phenoxy) is 1. The van der Waals surface area contributed by atoms with E-state index in [2.05, 4.69) is 25.7 Å². The van der Waals surface area contributed by atoms with Crippen molar-refractivity contribution in [1.82, 2.24) is 10.2 Å². The summed E-state index contributed by atoms with van der Waals surface area (Å²) in [5.74, 6) is -0.0626. The van der Waals surface area contributed by atoms with E-state index in [9.17, 15) is 4.79 Å². The van der Waals surface area contributed by atoms with Crippen molar-refractivity contribution in [1.29, 1.82) is 0 Å². The van der Waals surface area contributed by atoms with Crippen LogP contribution < -0.4 is 15.5 Å².